The van der Waals surface area contributed by atoms with Crippen molar-refractivity contribution < 1.29 is 18.7 Å². The number of carbonyl (C=O) groups excluding carboxylic acids is 1. The molecule has 0 bridgehead atoms. The van der Waals surface area contributed by atoms with Gasteiger partial charge in [-0.1, -0.05) is 12.5 Å². The fourth-order valence-electron chi connectivity index (χ4n) is 2.76. The summed E-state index contributed by atoms with van der Waals surface area (Å²) in [5.74, 6) is 1.07. The van der Waals surface area contributed by atoms with Gasteiger partial charge in [0.25, 0.3) is 0 Å². The van der Waals surface area contributed by atoms with Crippen LogP contribution in [0.15, 0.2) is 23.2 Å². The number of rotatable bonds is 11. The maximum Gasteiger partial charge on any atom is 0.305 e. The molecule has 1 aromatic rings. The molecule has 0 heterocycles. The van der Waals surface area contributed by atoms with Crippen LogP contribution in [0.25, 0.3) is 0 Å². The molecule has 8 heteroatoms. The molecule has 1 aliphatic carbocycles. The van der Waals surface area contributed by atoms with Crippen LogP contribution in [-0.2, 0) is 9.53 Å². The van der Waals surface area contributed by atoms with Crippen molar-refractivity contribution in [1.82, 2.24) is 10.6 Å². The zero-order chi connectivity index (χ0) is 20.4. The predicted molar refractivity (Wildman–Crippen MR) is 123 cm³/mol. The number of aliphatic imine (C=N–C) groups is 1. The molecular formula is C21H33FIN3O3. The first-order chi connectivity index (χ1) is 13.5. The van der Waals surface area contributed by atoms with E-state index in [4.69, 9.17) is 4.74 Å². The Morgan fingerprint density at radius 3 is 2.69 bits per heavy atom. The minimum atomic E-state index is -0.333. The number of carbonyl (C=O) groups is 1. The summed E-state index contributed by atoms with van der Waals surface area (Å²) in [4.78, 5) is 15.3. The second-order valence-corrected chi connectivity index (χ2v) is 7.20. The van der Waals surface area contributed by atoms with Gasteiger partial charge in [-0.15, -0.1) is 24.0 Å². The van der Waals surface area contributed by atoms with Crippen LogP contribution in [0.2, 0.25) is 0 Å². The average molecular weight is 521 g/mol. The highest BCUT2D eigenvalue weighted by Gasteiger charge is 2.22. The first-order valence-corrected chi connectivity index (χ1v) is 9.99. The van der Waals surface area contributed by atoms with E-state index in [9.17, 15) is 9.18 Å². The lowest BCUT2D eigenvalue weighted by molar-refractivity contribution is -0.140. The second-order valence-electron chi connectivity index (χ2n) is 7.20. The van der Waals surface area contributed by atoms with Crippen molar-refractivity contribution in [3.05, 3.63) is 29.6 Å². The molecule has 0 aliphatic heterocycles. The number of guanidine groups is 1. The topological polar surface area (TPSA) is 72.0 Å². The summed E-state index contributed by atoms with van der Waals surface area (Å²) in [7, 11) is 3.11. The van der Waals surface area contributed by atoms with Crippen molar-refractivity contribution in [1.29, 1.82) is 0 Å². The standard InChI is InChI=1S/C21H32FN3O3.HI/c1-15(17-10-11-19(18(22)13-17)28-14-16-8-9-16)25-21(23-2)24-12-6-4-5-7-20(26)27-3;/h10-11,13,15-16H,4-9,12,14H2,1-3H3,(H2,23,24,25);1H. The number of hydrogen-bond acceptors (Lipinski definition) is 4. The van der Waals surface area contributed by atoms with Gasteiger partial charge in [-0.05, 0) is 56.2 Å². The van der Waals surface area contributed by atoms with Gasteiger partial charge in [-0.25, -0.2) is 4.39 Å². The summed E-state index contributed by atoms with van der Waals surface area (Å²) in [5, 5.41) is 6.51. The molecule has 1 aliphatic rings. The number of nitrogens with zero attached hydrogens (tertiary/aromatic N) is 1. The van der Waals surface area contributed by atoms with E-state index in [2.05, 4.69) is 20.4 Å². The molecule has 1 atom stereocenters. The summed E-state index contributed by atoms with van der Waals surface area (Å²) in [6.45, 7) is 3.30. The van der Waals surface area contributed by atoms with Crippen molar-refractivity contribution in [2.75, 3.05) is 27.3 Å². The summed E-state index contributed by atoms with van der Waals surface area (Å²) < 4.78 is 24.4. The molecule has 1 fully saturated rings. The fourth-order valence-corrected chi connectivity index (χ4v) is 2.76. The van der Waals surface area contributed by atoms with Gasteiger partial charge in [0.15, 0.2) is 17.5 Å². The Kier molecular flexibility index (Phi) is 11.9. The van der Waals surface area contributed by atoms with E-state index in [1.807, 2.05) is 13.0 Å². The smallest absolute Gasteiger partial charge is 0.305 e. The van der Waals surface area contributed by atoms with Crippen molar-refractivity contribution in [2.24, 2.45) is 10.9 Å². The molecule has 2 N–H and O–H groups in total. The van der Waals surface area contributed by atoms with Crippen molar-refractivity contribution in [3.63, 3.8) is 0 Å². The monoisotopic (exact) mass is 521 g/mol. The number of methoxy groups -OCH3 is 1. The second kappa shape index (κ2) is 13.6. The third-order valence-electron chi connectivity index (χ3n) is 4.78. The van der Waals surface area contributed by atoms with Gasteiger partial charge >= 0.3 is 5.97 Å². The Morgan fingerprint density at radius 2 is 2.07 bits per heavy atom. The third-order valence-corrected chi connectivity index (χ3v) is 4.78. The molecule has 6 nitrogen and oxygen atoms in total. The van der Waals surface area contributed by atoms with Gasteiger partial charge < -0.3 is 20.1 Å². The summed E-state index contributed by atoms with van der Waals surface area (Å²) in [6.07, 6.45) is 5.48. The molecule has 1 unspecified atom stereocenters. The number of halogens is 2. The van der Waals surface area contributed by atoms with Crippen LogP contribution >= 0.6 is 24.0 Å². The van der Waals surface area contributed by atoms with Crippen LogP contribution in [0, 0.1) is 11.7 Å². The minimum absolute atomic E-state index is 0. The van der Waals surface area contributed by atoms with E-state index in [-0.39, 0.29) is 41.8 Å². The molecule has 1 aromatic carbocycles. The lowest BCUT2D eigenvalue weighted by Gasteiger charge is -2.19. The maximum atomic E-state index is 14.3. The number of benzene rings is 1. The molecular weight excluding hydrogens is 488 g/mol. The molecule has 0 saturated heterocycles. The van der Waals surface area contributed by atoms with E-state index in [1.165, 1.54) is 26.0 Å². The van der Waals surface area contributed by atoms with Gasteiger partial charge in [0.2, 0.25) is 0 Å². The Bertz CT molecular complexity index is 669. The number of esters is 1. The lowest BCUT2D eigenvalue weighted by Crippen LogP contribution is -2.39. The highest BCUT2D eigenvalue weighted by molar-refractivity contribution is 14.0. The lowest BCUT2D eigenvalue weighted by atomic mass is 10.1. The zero-order valence-electron chi connectivity index (χ0n) is 17.5. The van der Waals surface area contributed by atoms with Gasteiger partial charge in [0.05, 0.1) is 19.8 Å². The first-order valence-electron chi connectivity index (χ1n) is 9.99. The van der Waals surface area contributed by atoms with Crippen LogP contribution in [0.3, 0.4) is 0 Å². The molecule has 0 spiro atoms. The number of hydrogen-bond donors (Lipinski definition) is 2. The van der Waals surface area contributed by atoms with Crippen LogP contribution in [0.1, 0.15) is 57.1 Å². The van der Waals surface area contributed by atoms with Crippen LogP contribution in [-0.4, -0.2) is 39.2 Å². The Hall–Kier alpha value is -1.58. The molecule has 29 heavy (non-hydrogen) atoms. The minimum Gasteiger partial charge on any atom is -0.490 e. The highest BCUT2D eigenvalue weighted by Crippen LogP contribution is 2.30. The third kappa shape index (κ3) is 9.64. The van der Waals surface area contributed by atoms with E-state index < -0.39 is 0 Å². The fraction of sp³-hybridized carbons (Fsp3) is 0.619. The quantitative estimate of drug-likeness (QED) is 0.150. The van der Waals surface area contributed by atoms with E-state index in [0.29, 0.717) is 30.7 Å². The van der Waals surface area contributed by atoms with Crippen molar-refractivity contribution in [3.8, 4) is 5.75 Å². The summed E-state index contributed by atoms with van der Waals surface area (Å²) in [6, 6.07) is 4.99. The van der Waals surface area contributed by atoms with Crippen LogP contribution in [0.4, 0.5) is 4.39 Å². The number of nitrogens with one attached hydrogen (secondary N) is 2. The predicted octanol–water partition coefficient (Wildman–Crippen LogP) is 4.19. The Balaban J connectivity index is 0.00000420. The van der Waals surface area contributed by atoms with E-state index in [0.717, 1.165) is 31.4 Å². The SMILES string of the molecule is CN=C(NCCCCCC(=O)OC)NC(C)c1ccc(OCC2CC2)c(F)c1.I. The number of unbranched alkanes of at least 4 members (excludes halogenated alkanes) is 2. The van der Waals surface area contributed by atoms with Gasteiger partial charge in [-0.3, -0.25) is 9.79 Å². The molecule has 0 amide bonds. The van der Waals surface area contributed by atoms with Crippen molar-refractivity contribution in [2.45, 2.75) is 51.5 Å². The zero-order valence-corrected chi connectivity index (χ0v) is 19.8. The van der Waals surface area contributed by atoms with Gasteiger partial charge in [0.1, 0.15) is 0 Å². The average Bonchev–Trinajstić information content (AvgIpc) is 3.52. The van der Waals surface area contributed by atoms with Crippen LogP contribution in [0.5, 0.6) is 5.75 Å². The maximum absolute atomic E-state index is 14.3. The molecule has 1 saturated carbocycles. The molecule has 164 valence electrons. The highest BCUT2D eigenvalue weighted by atomic mass is 127. The summed E-state index contributed by atoms with van der Waals surface area (Å²) >= 11 is 0. The van der Waals surface area contributed by atoms with Crippen LogP contribution < -0.4 is 15.4 Å². The molecule has 0 aromatic heterocycles. The Labute approximate surface area is 190 Å². The number of ether oxygens (including phenoxy) is 2. The Morgan fingerprint density at radius 1 is 1.31 bits per heavy atom. The summed E-state index contributed by atoms with van der Waals surface area (Å²) in [5.41, 5.74) is 0.831. The first kappa shape index (κ1) is 25.5. The normalized spacial score (nSPS) is 14.6. The largest absolute Gasteiger partial charge is 0.490 e. The molecule has 2 rings (SSSR count). The van der Waals surface area contributed by atoms with E-state index >= 15 is 0 Å². The van der Waals surface area contributed by atoms with Crippen molar-refractivity contribution >= 4 is 35.9 Å². The van der Waals surface area contributed by atoms with E-state index in [1.54, 1.807) is 13.1 Å². The molecule has 0 radical (unpaired) electrons. The van der Waals surface area contributed by atoms with Gasteiger partial charge in [-0.2, -0.15) is 0 Å². The van der Waals surface area contributed by atoms with Gasteiger partial charge in [0, 0.05) is 20.0 Å².